The van der Waals surface area contributed by atoms with Crippen LogP contribution in [0.2, 0.25) is 0 Å². The van der Waals surface area contributed by atoms with Crippen LogP contribution in [0.3, 0.4) is 0 Å². The number of ether oxygens (including phenoxy) is 1. The summed E-state index contributed by atoms with van der Waals surface area (Å²) in [6.45, 7) is 24.5. The number of hydrogen-bond donors (Lipinski definition) is 2. The van der Waals surface area contributed by atoms with E-state index in [1.807, 2.05) is 4.90 Å². The maximum Gasteiger partial charge on any atom is 0.309 e. The third kappa shape index (κ3) is 5.90. The van der Waals surface area contributed by atoms with Crippen molar-refractivity contribution in [3.05, 3.63) is 11.1 Å². The van der Waals surface area contributed by atoms with E-state index >= 15 is 0 Å². The summed E-state index contributed by atoms with van der Waals surface area (Å²) in [6.07, 6.45) is 9.27. The Bertz CT molecular complexity index is 1430. The molecule has 0 aromatic rings. The van der Waals surface area contributed by atoms with E-state index in [1.165, 1.54) is 5.57 Å². The maximum absolute atomic E-state index is 14.0. The van der Waals surface area contributed by atoms with E-state index < -0.39 is 17.4 Å². The number of carboxylic acid groups (broad SMARTS) is 1. The van der Waals surface area contributed by atoms with Gasteiger partial charge in [0.25, 0.3) is 0 Å². The molecule has 0 bridgehead atoms. The van der Waals surface area contributed by atoms with Gasteiger partial charge >= 0.3 is 11.9 Å². The Kier molecular flexibility index (Phi) is 10.2. The number of nitrogens with zero attached hydrogens (tertiary/aromatic N) is 1. The number of amides is 1. The maximum atomic E-state index is 14.0. The number of nitrogens with two attached hydrogens (primary N) is 1. The number of aliphatic carboxylic acids is 1. The molecule has 0 aromatic heterocycles. The first-order chi connectivity index (χ1) is 23.0. The third-order valence-electron chi connectivity index (χ3n) is 15.9. The highest BCUT2D eigenvalue weighted by molar-refractivity contribution is 6.00. The zero-order valence-corrected chi connectivity index (χ0v) is 33.2. The summed E-state index contributed by atoms with van der Waals surface area (Å²) in [4.78, 5) is 53.6. The minimum atomic E-state index is -1.16. The number of carbonyl (C=O) groups is 4. The summed E-state index contributed by atoms with van der Waals surface area (Å²) in [5, 5.41) is 9.60. The largest absolute Gasteiger partial charge is 0.481 e. The van der Waals surface area contributed by atoms with Gasteiger partial charge < -0.3 is 20.5 Å². The van der Waals surface area contributed by atoms with Crippen LogP contribution in [0.15, 0.2) is 11.1 Å². The molecule has 0 radical (unpaired) electrons. The standard InChI is InChI=1S/C42H68N2O6/c1-25(2)34-28(45)22-42(20-21-44(26(3)4)32(46)24-43)19-18-40(10)27(35(34)42)12-13-30-39(9)16-15-31(50-33(47)23-37(5,6)36(48)49)38(7,8)29(39)14-17-41(30,40)11/h25-27,29-31H,12-24,43H2,1-11H3,(H,48,49)/t27-,29?,30?,31+,39+,40-,41-,42-/m1/s1. The van der Waals surface area contributed by atoms with Crippen molar-refractivity contribution in [2.45, 2.75) is 159 Å². The van der Waals surface area contributed by atoms with Crippen LogP contribution >= 0.6 is 0 Å². The average molecular weight is 697 g/mol. The monoisotopic (exact) mass is 697 g/mol. The molecule has 0 aromatic carbocycles. The molecule has 5 rings (SSSR count). The molecule has 0 spiro atoms. The highest BCUT2D eigenvalue weighted by Crippen LogP contribution is 2.77. The molecule has 0 heterocycles. The van der Waals surface area contributed by atoms with Gasteiger partial charge in [0.2, 0.25) is 5.91 Å². The number of allylic oxidation sites excluding steroid dienone is 2. The van der Waals surface area contributed by atoms with Gasteiger partial charge in [-0.05, 0) is 131 Å². The second-order valence-electron chi connectivity index (χ2n) is 19.8. The molecule has 5 aliphatic rings. The van der Waals surface area contributed by atoms with E-state index in [0.717, 1.165) is 63.4 Å². The topological polar surface area (TPSA) is 127 Å². The van der Waals surface area contributed by atoms with E-state index in [-0.39, 0.29) is 64.0 Å². The SMILES string of the molecule is CC(C)C1=C2[C@H]3CCC4[C@@]5(C)CC[C@H](OC(=O)CC(C)(C)C(=O)O)C(C)(C)C5CC[C@@]4(C)[C@]3(C)CC[C@@]2(CCN(C(=O)CN)C(C)C)CC1=O. The molecule has 4 fully saturated rings. The summed E-state index contributed by atoms with van der Waals surface area (Å²) >= 11 is 0. The van der Waals surface area contributed by atoms with Gasteiger partial charge in [-0.2, -0.15) is 0 Å². The zero-order valence-electron chi connectivity index (χ0n) is 33.2. The van der Waals surface area contributed by atoms with Crippen molar-refractivity contribution in [3.63, 3.8) is 0 Å². The number of ketones is 1. The Labute approximate surface area is 302 Å². The van der Waals surface area contributed by atoms with Gasteiger partial charge in [0, 0.05) is 29.8 Å². The minimum Gasteiger partial charge on any atom is -0.481 e. The Balaban J connectivity index is 1.44. The number of rotatable bonds is 10. The molecule has 0 aliphatic heterocycles. The van der Waals surface area contributed by atoms with Crippen LogP contribution in [0.4, 0.5) is 0 Å². The van der Waals surface area contributed by atoms with Crippen LogP contribution < -0.4 is 5.73 Å². The fraction of sp³-hybridized carbons (Fsp3) is 0.857. The Morgan fingerprint density at radius 1 is 0.920 bits per heavy atom. The van der Waals surface area contributed by atoms with Crippen molar-refractivity contribution in [2.24, 2.45) is 61.9 Å². The first-order valence-corrected chi connectivity index (χ1v) is 19.7. The van der Waals surface area contributed by atoms with E-state index in [0.29, 0.717) is 36.5 Å². The highest BCUT2D eigenvalue weighted by atomic mass is 16.5. The number of esters is 1. The number of Topliss-reactive ketones (excluding diaryl/α,β-unsaturated/α-hetero) is 1. The van der Waals surface area contributed by atoms with Crippen LogP contribution in [0, 0.1) is 56.2 Å². The molecular formula is C42H68N2O6. The van der Waals surface area contributed by atoms with Gasteiger partial charge in [-0.25, -0.2) is 0 Å². The summed E-state index contributed by atoms with van der Waals surface area (Å²) in [7, 11) is 0. The lowest BCUT2D eigenvalue weighted by Gasteiger charge is -2.72. The predicted molar refractivity (Wildman–Crippen MR) is 196 cm³/mol. The number of carbonyl (C=O) groups excluding carboxylic acids is 3. The Morgan fingerprint density at radius 2 is 1.58 bits per heavy atom. The predicted octanol–water partition coefficient (Wildman–Crippen LogP) is 7.97. The highest BCUT2D eigenvalue weighted by Gasteiger charge is 2.70. The fourth-order valence-electron chi connectivity index (χ4n) is 13.0. The van der Waals surface area contributed by atoms with Gasteiger partial charge in [-0.3, -0.25) is 19.2 Å². The lowest BCUT2D eigenvalue weighted by atomic mass is 9.33. The molecule has 8 atom stereocenters. The van der Waals surface area contributed by atoms with Gasteiger partial charge in [0.15, 0.2) is 5.78 Å². The molecule has 8 heteroatoms. The molecule has 1 amide bonds. The van der Waals surface area contributed by atoms with E-state index in [2.05, 4.69) is 62.3 Å². The number of fused-ring (bicyclic) bond motifs is 7. The summed E-state index contributed by atoms with van der Waals surface area (Å²) in [6, 6.07) is 0.0649. The molecule has 8 nitrogen and oxygen atoms in total. The molecular weight excluding hydrogens is 628 g/mol. The fourth-order valence-corrected chi connectivity index (χ4v) is 13.0. The van der Waals surface area contributed by atoms with Crippen LogP contribution in [0.25, 0.3) is 0 Å². The van der Waals surface area contributed by atoms with E-state index in [1.54, 1.807) is 13.8 Å². The minimum absolute atomic E-state index is 0.00708. The van der Waals surface area contributed by atoms with Crippen molar-refractivity contribution in [2.75, 3.05) is 13.1 Å². The van der Waals surface area contributed by atoms with Gasteiger partial charge in [0.05, 0.1) is 18.4 Å². The van der Waals surface area contributed by atoms with Crippen LogP contribution in [0.1, 0.15) is 147 Å². The van der Waals surface area contributed by atoms with Crippen molar-refractivity contribution in [3.8, 4) is 0 Å². The van der Waals surface area contributed by atoms with Crippen LogP contribution in [0.5, 0.6) is 0 Å². The Morgan fingerprint density at radius 3 is 2.16 bits per heavy atom. The zero-order chi connectivity index (χ0) is 37.4. The van der Waals surface area contributed by atoms with Crippen molar-refractivity contribution in [1.29, 1.82) is 0 Å². The number of hydrogen-bond acceptors (Lipinski definition) is 6. The smallest absolute Gasteiger partial charge is 0.309 e. The Hall–Kier alpha value is -2.22. The second kappa shape index (κ2) is 13.0. The quantitative estimate of drug-likeness (QED) is 0.222. The molecule has 2 unspecified atom stereocenters. The lowest BCUT2D eigenvalue weighted by molar-refractivity contribution is -0.233. The van der Waals surface area contributed by atoms with Crippen molar-refractivity contribution in [1.82, 2.24) is 4.90 Å². The molecule has 282 valence electrons. The van der Waals surface area contributed by atoms with E-state index in [4.69, 9.17) is 10.5 Å². The lowest BCUT2D eigenvalue weighted by Crippen LogP contribution is -2.65. The molecule has 0 saturated heterocycles. The van der Waals surface area contributed by atoms with Crippen molar-refractivity contribution < 1.29 is 29.0 Å². The molecule has 4 saturated carbocycles. The first-order valence-electron chi connectivity index (χ1n) is 19.7. The second-order valence-corrected chi connectivity index (χ2v) is 19.8. The van der Waals surface area contributed by atoms with E-state index in [9.17, 15) is 24.3 Å². The third-order valence-corrected chi connectivity index (χ3v) is 15.9. The summed E-state index contributed by atoms with van der Waals surface area (Å²) in [5.74, 6) is 0.323. The first kappa shape index (κ1) is 39.0. The summed E-state index contributed by atoms with van der Waals surface area (Å²) in [5.41, 5.74) is 7.01. The van der Waals surface area contributed by atoms with Crippen LogP contribution in [-0.4, -0.2) is 58.9 Å². The summed E-state index contributed by atoms with van der Waals surface area (Å²) < 4.78 is 6.16. The van der Waals surface area contributed by atoms with Gasteiger partial charge in [-0.1, -0.05) is 54.0 Å². The normalized spacial score (nSPS) is 37.9. The van der Waals surface area contributed by atoms with Crippen molar-refractivity contribution >= 4 is 23.6 Å². The molecule has 3 N–H and O–H groups in total. The van der Waals surface area contributed by atoms with Crippen LogP contribution in [-0.2, 0) is 23.9 Å². The molecule has 50 heavy (non-hydrogen) atoms. The molecule has 5 aliphatic carbocycles. The average Bonchev–Trinajstić information content (AvgIpc) is 3.30. The van der Waals surface area contributed by atoms with Gasteiger partial charge in [-0.15, -0.1) is 0 Å². The van der Waals surface area contributed by atoms with Gasteiger partial charge in [0.1, 0.15) is 6.10 Å². The number of carboxylic acids is 1.